The molecule has 144 valence electrons. The highest BCUT2D eigenvalue weighted by Gasteiger charge is 2.81. The van der Waals surface area contributed by atoms with Crippen molar-refractivity contribution in [2.75, 3.05) is 12.4 Å². The van der Waals surface area contributed by atoms with E-state index in [9.17, 15) is 52.7 Å². The zero-order valence-electron chi connectivity index (χ0n) is 11.5. The summed E-state index contributed by atoms with van der Waals surface area (Å²) >= 11 is 0. The highest BCUT2D eigenvalue weighted by Crippen LogP contribution is 2.53. The minimum atomic E-state index is -7.06. The standard InChI is InChI=1S/C9H9F9O5S/c1-2-24(20,21)23-5(19)22-4-3-6(10,11)7(12,13)8(14,15)9(16,17)18/h2-4H2,1H3. The third kappa shape index (κ3) is 4.80. The first-order valence-corrected chi connectivity index (χ1v) is 7.28. The molecule has 0 spiro atoms. The highest BCUT2D eigenvalue weighted by atomic mass is 32.2. The maximum atomic E-state index is 13.0. The molecule has 0 heterocycles. The average molecular weight is 400 g/mol. The van der Waals surface area contributed by atoms with Crippen LogP contribution in [0.3, 0.4) is 0 Å². The Morgan fingerprint density at radius 1 is 0.917 bits per heavy atom. The number of carbonyl (C=O) groups excluding carboxylic acids is 1. The summed E-state index contributed by atoms with van der Waals surface area (Å²) < 4.78 is 141. The molecular formula is C9H9F9O5S. The summed E-state index contributed by atoms with van der Waals surface area (Å²) in [5.41, 5.74) is 0. The molecule has 0 aromatic carbocycles. The Labute approximate surface area is 128 Å². The number of hydrogen-bond donors (Lipinski definition) is 0. The van der Waals surface area contributed by atoms with Crippen molar-refractivity contribution in [3.8, 4) is 0 Å². The molecule has 0 saturated carbocycles. The third-order valence-electron chi connectivity index (χ3n) is 2.39. The summed E-state index contributed by atoms with van der Waals surface area (Å²) in [6.45, 7) is -0.814. The van der Waals surface area contributed by atoms with E-state index in [0.29, 0.717) is 0 Å². The zero-order chi connectivity index (χ0) is 19.6. The van der Waals surface area contributed by atoms with E-state index >= 15 is 0 Å². The van der Waals surface area contributed by atoms with E-state index in [4.69, 9.17) is 0 Å². The van der Waals surface area contributed by atoms with Gasteiger partial charge in [-0.05, 0) is 6.92 Å². The number of ether oxygens (including phenoxy) is 1. The van der Waals surface area contributed by atoms with Gasteiger partial charge in [-0.2, -0.15) is 47.9 Å². The fourth-order valence-corrected chi connectivity index (χ4v) is 1.39. The van der Waals surface area contributed by atoms with Crippen molar-refractivity contribution in [1.82, 2.24) is 0 Å². The SMILES string of the molecule is CCS(=O)(=O)OC(=O)OCCC(F)(F)C(F)(F)C(F)(F)C(F)(F)F. The molecule has 0 aliphatic heterocycles. The second-order valence-electron chi connectivity index (χ2n) is 4.13. The van der Waals surface area contributed by atoms with Crippen LogP contribution in [0.1, 0.15) is 13.3 Å². The van der Waals surface area contributed by atoms with E-state index in [-0.39, 0.29) is 0 Å². The van der Waals surface area contributed by atoms with Crippen LogP contribution in [-0.2, 0) is 19.0 Å². The van der Waals surface area contributed by atoms with E-state index in [1.54, 1.807) is 0 Å². The molecule has 0 radical (unpaired) electrons. The van der Waals surface area contributed by atoms with E-state index in [1.807, 2.05) is 0 Å². The van der Waals surface area contributed by atoms with E-state index in [0.717, 1.165) is 6.92 Å². The molecule has 0 aromatic rings. The predicted molar refractivity (Wildman–Crippen MR) is 57.4 cm³/mol. The summed E-state index contributed by atoms with van der Waals surface area (Å²) in [5.74, 6) is -20.6. The lowest BCUT2D eigenvalue weighted by Crippen LogP contribution is -2.61. The van der Waals surface area contributed by atoms with Crippen molar-refractivity contribution in [1.29, 1.82) is 0 Å². The van der Waals surface area contributed by atoms with Gasteiger partial charge in [-0.3, -0.25) is 0 Å². The van der Waals surface area contributed by atoms with E-state index in [1.165, 1.54) is 0 Å². The van der Waals surface area contributed by atoms with Gasteiger partial charge in [0, 0.05) is 0 Å². The van der Waals surface area contributed by atoms with Gasteiger partial charge in [0.15, 0.2) is 0 Å². The van der Waals surface area contributed by atoms with Crippen LogP contribution in [-0.4, -0.2) is 50.9 Å². The van der Waals surface area contributed by atoms with Crippen molar-refractivity contribution >= 4 is 16.3 Å². The lowest BCUT2D eigenvalue weighted by Gasteiger charge is -2.33. The van der Waals surface area contributed by atoms with Crippen LogP contribution in [0.2, 0.25) is 0 Å². The smallest absolute Gasteiger partial charge is 0.433 e. The largest absolute Gasteiger partial charge is 0.524 e. The van der Waals surface area contributed by atoms with Crippen LogP contribution in [0.5, 0.6) is 0 Å². The molecule has 0 bridgehead atoms. The topological polar surface area (TPSA) is 69.7 Å². The van der Waals surface area contributed by atoms with Gasteiger partial charge in [-0.1, -0.05) is 0 Å². The highest BCUT2D eigenvalue weighted by molar-refractivity contribution is 7.87. The Morgan fingerprint density at radius 2 is 1.38 bits per heavy atom. The molecule has 0 aromatic heterocycles. The van der Waals surface area contributed by atoms with Gasteiger partial charge < -0.3 is 8.92 Å². The fraction of sp³-hybridized carbons (Fsp3) is 0.889. The van der Waals surface area contributed by atoms with Crippen LogP contribution in [0.4, 0.5) is 44.3 Å². The first-order chi connectivity index (χ1) is 10.4. The molecule has 0 N–H and O–H groups in total. The number of carbonyl (C=O) groups is 1. The summed E-state index contributed by atoms with van der Waals surface area (Å²) in [5, 5.41) is 0. The Balaban J connectivity index is 4.95. The second kappa shape index (κ2) is 6.84. The molecular weight excluding hydrogens is 391 g/mol. The fourth-order valence-electron chi connectivity index (χ4n) is 1.01. The molecule has 0 fully saturated rings. The Hall–Kier alpha value is -1.41. The normalized spacial score (nSPS) is 14.4. The van der Waals surface area contributed by atoms with Gasteiger partial charge in [0.2, 0.25) is 0 Å². The molecule has 0 unspecified atom stereocenters. The van der Waals surface area contributed by atoms with E-state index < -0.39 is 59.0 Å². The monoisotopic (exact) mass is 400 g/mol. The van der Waals surface area contributed by atoms with Crippen molar-refractivity contribution in [3.63, 3.8) is 0 Å². The molecule has 0 atom stereocenters. The molecule has 0 rings (SSSR count). The Bertz CT molecular complexity index is 554. The summed E-state index contributed by atoms with van der Waals surface area (Å²) in [7, 11) is -4.43. The molecule has 0 aliphatic rings. The quantitative estimate of drug-likeness (QED) is 0.373. The number of halogens is 9. The van der Waals surface area contributed by atoms with Crippen LogP contribution < -0.4 is 0 Å². The molecule has 0 saturated heterocycles. The Kier molecular flexibility index (Phi) is 6.43. The summed E-state index contributed by atoms with van der Waals surface area (Å²) in [6, 6.07) is 0. The Morgan fingerprint density at radius 3 is 1.75 bits per heavy atom. The number of rotatable bonds is 7. The summed E-state index contributed by atoms with van der Waals surface area (Å²) in [4.78, 5) is 10.7. The van der Waals surface area contributed by atoms with Gasteiger partial charge in [-0.25, -0.2) is 4.79 Å². The van der Waals surface area contributed by atoms with Crippen LogP contribution in [0.25, 0.3) is 0 Å². The first-order valence-electron chi connectivity index (χ1n) is 5.70. The molecule has 15 heteroatoms. The maximum absolute atomic E-state index is 13.0. The number of alkyl halides is 9. The van der Waals surface area contributed by atoms with Gasteiger partial charge in [0.1, 0.15) is 6.61 Å². The van der Waals surface area contributed by atoms with Crippen LogP contribution in [0.15, 0.2) is 0 Å². The molecule has 5 nitrogen and oxygen atoms in total. The molecule has 0 aliphatic carbocycles. The maximum Gasteiger partial charge on any atom is 0.524 e. The lowest BCUT2D eigenvalue weighted by molar-refractivity contribution is -0.397. The van der Waals surface area contributed by atoms with E-state index in [2.05, 4.69) is 8.92 Å². The third-order valence-corrected chi connectivity index (χ3v) is 3.49. The van der Waals surface area contributed by atoms with Crippen LogP contribution in [0, 0.1) is 0 Å². The van der Waals surface area contributed by atoms with Gasteiger partial charge in [0.25, 0.3) is 0 Å². The van der Waals surface area contributed by atoms with Crippen molar-refractivity contribution in [2.45, 2.75) is 37.3 Å². The van der Waals surface area contributed by atoms with Gasteiger partial charge in [0.05, 0.1) is 12.2 Å². The van der Waals surface area contributed by atoms with Crippen molar-refractivity contribution < 1.29 is 61.6 Å². The first kappa shape index (κ1) is 22.6. The van der Waals surface area contributed by atoms with Gasteiger partial charge >= 0.3 is 40.2 Å². The average Bonchev–Trinajstić information content (AvgIpc) is 2.36. The number of hydrogen-bond acceptors (Lipinski definition) is 5. The predicted octanol–water partition coefficient (Wildman–Crippen LogP) is 3.35. The molecule has 0 amide bonds. The van der Waals surface area contributed by atoms with Crippen molar-refractivity contribution in [3.05, 3.63) is 0 Å². The van der Waals surface area contributed by atoms with Gasteiger partial charge in [-0.15, -0.1) is 0 Å². The zero-order valence-corrected chi connectivity index (χ0v) is 12.3. The molecule has 24 heavy (non-hydrogen) atoms. The second-order valence-corrected chi connectivity index (χ2v) is 5.99. The minimum absolute atomic E-state index is 0.756. The minimum Gasteiger partial charge on any atom is -0.433 e. The van der Waals surface area contributed by atoms with Crippen LogP contribution >= 0.6 is 0 Å². The lowest BCUT2D eigenvalue weighted by atomic mass is 10.0. The van der Waals surface area contributed by atoms with Crippen molar-refractivity contribution in [2.24, 2.45) is 0 Å². The summed E-state index contributed by atoms with van der Waals surface area (Å²) in [6.07, 6.45) is -11.6.